The van der Waals surface area contributed by atoms with E-state index in [0.29, 0.717) is 31.0 Å². The first kappa shape index (κ1) is 23.7. The van der Waals surface area contributed by atoms with Crippen molar-refractivity contribution in [3.63, 3.8) is 0 Å². The number of carbonyl (C=O) groups excluding carboxylic acids is 1. The summed E-state index contributed by atoms with van der Waals surface area (Å²) in [5, 5.41) is 6.60. The van der Waals surface area contributed by atoms with E-state index in [9.17, 15) is 4.79 Å². The molecule has 0 aliphatic carbocycles. The van der Waals surface area contributed by atoms with Crippen molar-refractivity contribution >= 4 is 35.9 Å². The van der Waals surface area contributed by atoms with E-state index in [0.717, 1.165) is 18.8 Å². The van der Waals surface area contributed by atoms with Crippen molar-refractivity contribution in [1.82, 2.24) is 10.6 Å². The molecule has 1 atom stereocenters. The monoisotopic (exact) mass is 427 g/mol. The minimum Gasteiger partial charge on any atom is -0.466 e. The fourth-order valence-electron chi connectivity index (χ4n) is 1.82. The minimum absolute atomic E-state index is 0. The normalized spacial score (nSPS) is 13.1. The van der Waals surface area contributed by atoms with E-state index in [4.69, 9.17) is 4.74 Å². The summed E-state index contributed by atoms with van der Waals surface area (Å²) in [4.78, 5) is 15.4. The third-order valence-corrected chi connectivity index (χ3v) is 3.09. The Hall–Kier alpha value is -0.530. The Kier molecular flexibility index (Phi) is 14.0. The largest absolute Gasteiger partial charge is 0.466 e. The highest BCUT2D eigenvalue weighted by atomic mass is 127. The van der Waals surface area contributed by atoms with Gasteiger partial charge >= 0.3 is 5.97 Å². The van der Waals surface area contributed by atoms with Crippen molar-refractivity contribution in [2.24, 2.45) is 10.4 Å². The molecule has 1 unspecified atom stereocenters. The first-order valence-corrected chi connectivity index (χ1v) is 7.91. The zero-order chi connectivity index (χ0) is 16.3. The molecule has 0 aromatic carbocycles. The van der Waals surface area contributed by atoms with Crippen molar-refractivity contribution < 1.29 is 9.53 Å². The van der Waals surface area contributed by atoms with E-state index >= 15 is 0 Å². The van der Waals surface area contributed by atoms with Gasteiger partial charge in [0.05, 0.1) is 6.61 Å². The van der Waals surface area contributed by atoms with Crippen LogP contribution in [-0.2, 0) is 9.53 Å². The number of nitrogens with one attached hydrogen (secondary N) is 2. The van der Waals surface area contributed by atoms with Crippen LogP contribution in [0.5, 0.6) is 0 Å². The first-order valence-electron chi connectivity index (χ1n) is 7.91. The van der Waals surface area contributed by atoms with Crippen LogP contribution in [0.15, 0.2) is 4.99 Å². The molecule has 5 nitrogen and oxygen atoms in total. The van der Waals surface area contributed by atoms with Crippen LogP contribution < -0.4 is 10.6 Å². The number of rotatable bonds is 8. The number of halogens is 1. The SMILES string of the molecule is CCOC(=O)CCCNC(=NC)NC(C)CCC(C)(C)C.I. The molecule has 0 aliphatic heterocycles. The van der Waals surface area contributed by atoms with Crippen LogP contribution >= 0.6 is 24.0 Å². The average molecular weight is 427 g/mol. The van der Waals surface area contributed by atoms with Gasteiger partial charge in [0.25, 0.3) is 0 Å². The number of carbonyl (C=O) groups is 1. The van der Waals surface area contributed by atoms with Crippen LogP contribution in [-0.4, -0.2) is 38.2 Å². The van der Waals surface area contributed by atoms with Gasteiger partial charge in [-0.05, 0) is 38.5 Å². The van der Waals surface area contributed by atoms with Crippen molar-refractivity contribution in [3.05, 3.63) is 0 Å². The number of nitrogens with zero attached hydrogens (tertiary/aromatic N) is 1. The number of hydrogen-bond acceptors (Lipinski definition) is 3. The number of guanidine groups is 1. The molecule has 0 heterocycles. The molecule has 0 saturated heterocycles. The van der Waals surface area contributed by atoms with Gasteiger partial charge in [0, 0.05) is 26.1 Å². The molecular weight excluding hydrogens is 393 g/mol. The number of ether oxygens (including phenoxy) is 1. The van der Waals surface area contributed by atoms with Crippen LogP contribution in [0.25, 0.3) is 0 Å². The van der Waals surface area contributed by atoms with Gasteiger partial charge in [-0.3, -0.25) is 9.79 Å². The van der Waals surface area contributed by atoms with Crippen LogP contribution in [0.4, 0.5) is 0 Å². The summed E-state index contributed by atoms with van der Waals surface area (Å²) in [7, 11) is 1.76. The molecule has 0 fully saturated rings. The van der Waals surface area contributed by atoms with E-state index in [1.807, 2.05) is 6.92 Å². The lowest BCUT2D eigenvalue weighted by Crippen LogP contribution is -2.42. The van der Waals surface area contributed by atoms with E-state index in [1.54, 1.807) is 7.05 Å². The second kappa shape index (κ2) is 13.0. The lowest BCUT2D eigenvalue weighted by Gasteiger charge is -2.23. The predicted molar refractivity (Wildman–Crippen MR) is 104 cm³/mol. The molecule has 2 N–H and O–H groups in total. The fraction of sp³-hybridized carbons (Fsp3) is 0.875. The van der Waals surface area contributed by atoms with Gasteiger partial charge in [0.15, 0.2) is 5.96 Å². The molecule has 0 rings (SSSR count). The standard InChI is InChI=1S/C16H33N3O2.HI/c1-7-21-14(20)9-8-12-18-15(17-6)19-13(2)10-11-16(3,4)5;/h13H,7-12H2,1-6H3,(H2,17,18,19);1H. The maximum absolute atomic E-state index is 11.2. The maximum Gasteiger partial charge on any atom is 0.305 e. The predicted octanol–water partition coefficient (Wildman–Crippen LogP) is 3.33. The highest BCUT2D eigenvalue weighted by Gasteiger charge is 2.13. The molecule has 0 aliphatic rings. The van der Waals surface area contributed by atoms with E-state index in [1.165, 1.54) is 6.42 Å². The summed E-state index contributed by atoms with van der Waals surface area (Å²) in [6, 6.07) is 0.375. The van der Waals surface area contributed by atoms with Gasteiger partial charge in [-0.25, -0.2) is 0 Å². The minimum atomic E-state index is -0.138. The van der Waals surface area contributed by atoms with E-state index < -0.39 is 0 Å². The summed E-state index contributed by atoms with van der Waals surface area (Å²) in [6.07, 6.45) is 3.46. The summed E-state index contributed by atoms with van der Waals surface area (Å²) in [5.41, 5.74) is 0.354. The molecule has 22 heavy (non-hydrogen) atoms. The second-order valence-electron chi connectivity index (χ2n) is 6.55. The van der Waals surface area contributed by atoms with Gasteiger partial charge in [0.1, 0.15) is 0 Å². The number of aliphatic imine (C=N–C) groups is 1. The van der Waals surface area contributed by atoms with Crippen LogP contribution in [0.2, 0.25) is 0 Å². The average Bonchev–Trinajstić information content (AvgIpc) is 2.39. The first-order chi connectivity index (χ1) is 9.78. The second-order valence-corrected chi connectivity index (χ2v) is 6.55. The Balaban J connectivity index is 0. The molecule has 0 saturated carbocycles. The highest BCUT2D eigenvalue weighted by Crippen LogP contribution is 2.21. The molecule has 0 spiro atoms. The Labute approximate surface area is 153 Å². The Morgan fingerprint density at radius 1 is 1.32 bits per heavy atom. The van der Waals surface area contributed by atoms with Gasteiger partial charge < -0.3 is 15.4 Å². The third-order valence-electron chi connectivity index (χ3n) is 3.09. The van der Waals surface area contributed by atoms with Crippen LogP contribution in [0.3, 0.4) is 0 Å². The summed E-state index contributed by atoms with van der Waals surface area (Å²) < 4.78 is 4.89. The number of esters is 1. The maximum atomic E-state index is 11.2. The van der Waals surface area contributed by atoms with E-state index in [-0.39, 0.29) is 29.9 Å². The van der Waals surface area contributed by atoms with Crippen molar-refractivity contribution in [2.75, 3.05) is 20.2 Å². The Bertz CT molecular complexity index is 328. The van der Waals surface area contributed by atoms with Gasteiger partial charge in [-0.1, -0.05) is 20.8 Å². The van der Waals surface area contributed by atoms with Crippen LogP contribution in [0, 0.1) is 5.41 Å². The zero-order valence-electron chi connectivity index (χ0n) is 15.0. The quantitative estimate of drug-likeness (QED) is 0.205. The van der Waals surface area contributed by atoms with Gasteiger partial charge in [-0.15, -0.1) is 24.0 Å². The fourth-order valence-corrected chi connectivity index (χ4v) is 1.82. The molecule has 0 radical (unpaired) electrons. The Morgan fingerprint density at radius 3 is 2.45 bits per heavy atom. The smallest absolute Gasteiger partial charge is 0.305 e. The zero-order valence-corrected chi connectivity index (χ0v) is 17.3. The van der Waals surface area contributed by atoms with E-state index in [2.05, 4.69) is 43.3 Å². The molecular formula is C16H34IN3O2. The molecule has 0 bridgehead atoms. The van der Waals surface area contributed by atoms with Gasteiger partial charge in [-0.2, -0.15) is 0 Å². The number of hydrogen-bond donors (Lipinski definition) is 2. The molecule has 132 valence electrons. The van der Waals surface area contributed by atoms with Crippen molar-refractivity contribution in [1.29, 1.82) is 0 Å². The summed E-state index contributed by atoms with van der Waals surface area (Å²) >= 11 is 0. The molecule has 0 amide bonds. The molecule has 0 aromatic heterocycles. The third kappa shape index (κ3) is 14.4. The van der Waals surface area contributed by atoms with Crippen molar-refractivity contribution in [3.8, 4) is 0 Å². The summed E-state index contributed by atoms with van der Waals surface area (Å²) in [5.74, 6) is 0.654. The lowest BCUT2D eigenvalue weighted by molar-refractivity contribution is -0.143. The topological polar surface area (TPSA) is 62.7 Å². The highest BCUT2D eigenvalue weighted by molar-refractivity contribution is 14.0. The molecule has 6 heteroatoms. The van der Waals surface area contributed by atoms with Gasteiger partial charge in [0.2, 0.25) is 0 Å². The molecule has 0 aromatic rings. The van der Waals surface area contributed by atoms with Crippen molar-refractivity contribution in [2.45, 2.75) is 66.3 Å². The lowest BCUT2D eigenvalue weighted by atomic mass is 9.89. The summed E-state index contributed by atoms with van der Waals surface area (Å²) in [6.45, 7) is 11.9. The Morgan fingerprint density at radius 2 is 1.95 bits per heavy atom. The van der Waals surface area contributed by atoms with Crippen LogP contribution in [0.1, 0.15) is 60.3 Å².